The fourth-order valence-corrected chi connectivity index (χ4v) is 2.73. The zero-order valence-electron chi connectivity index (χ0n) is 11.2. The Morgan fingerprint density at radius 3 is 3.00 bits per heavy atom. The second-order valence-corrected chi connectivity index (χ2v) is 5.42. The third-order valence-corrected chi connectivity index (χ3v) is 4.03. The molecule has 3 heteroatoms. The summed E-state index contributed by atoms with van der Waals surface area (Å²) < 4.78 is 5.97. The molecule has 1 aromatic carbocycles. The standard InChI is InChI=1S/C15H22ClNO/c1-3-17-10-13-5-4-8-18-15(13)12-7-6-11(2)14(16)9-12/h6-7,9,13,15,17H,3-5,8,10H2,1-2H3. The van der Waals surface area contributed by atoms with Crippen molar-refractivity contribution in [2.24, 2.45) is 5.92 Å². The van der Waals surface area contributed by atoms with Crippen molar-refractivity contribution in [1.29, 1.82) is 0 Å². The van der Waals surface area contributed by atoms with Crippen LogP contribution < -0.4 is 5.32 Å². The van der Waals surface area contributed by atoms with Crippen LogP contribution in [-0.4, -0.2) is 19.7 Å². The molecule has 2 unspecified atom stereocenters. The van der Waals surface area contributed by atoms with Crippen LogP contribution in [0.3, 0.4) is 0 Å². The third kappa shape index (κ3) is 3.25. The lowest BCUT2D eigenvalue weighted by Crippen LogP contribution is -2.31. The van der Waals surface area contributed by atoms with Crippen LogP contribution in [0.25, 0.3) is 0 Å². The van der Waals surface area contributed by atoms with Gasteiger partial charge in [0.15, 0.2) is 0 Å². The maximum Gasteiger partial charge on any atom is 0.0865 e. The van der Waals surface area contributed by atoms with Gasteiger partial charge in [-0.2, -0.15) is 0 Å². The molecule has 0 aliphatic carbocycles. The third-order valence-electron chi connectivity index (χ3n) is 3.63. The summed E-state index contributed by atoms with van der Waals surface area (Å²) in [4.78, 5) is 0. The number of nitrogens with one attached hydrogen (secondary N) is 1. The Hall–Kier alpha value is -0.570. The molecule has 0 aromatic heterocycles. The monoisotopic (exact) mass is 267 g/mol. The molecule has 2 atom stereocenters. The molecule has 1 aliphatic heterocycles. The Morgan fingerprint density at radius 1 is 1.44 bits per heavy atom. The lowest BCUT2D eigenvalue weighted by atomic mass is 9.89. The first-order valence-electron chi connectivity index (χ1n) is 6.80. The Morgan fingerprint density at radius 2 is 2.28 bits per heavy atom. The van der Waals surface area contributed by atoms with Crippen LogP contribution in [-0.2, 0) is 4.74 Å². The van der Waals surface area contributed by atoms with Crippen molar-refractivity contribution in [2.75, 3.05) is 19.7 Å². The lowest BCUT2D eigenvalue weighted by Gasteiger charge is -2.32. The first-order chi connectivity index (χ1) is 8.72. The van der Waals surface area contributed by atoms with Crippen molar-refractivity contribution in [1.82, 2.24) is 5.32 Å². The fraction of sp³-hybridized carbons (Fsp3) is 0.600. The first kappa shape index (κ1) is 13.9. The highest BCUT2D eigenvalue weighted by molar-refractivity contribution is 6.31. The van der Waals surface area contributed by atoms with Crippen molar-refractivity contribution in [3.05, 3.63) is 34.3 Å². The second-order valence-electron chi connectivity index (χ2n) is 5.01. The van der Waals surface area contributed by atoms with E-state index in [1.807, 2.05) is 6.92 Å². The number of halogens is 1. The minimum absolute atomic E-state index is 0.191. The summed E-state index contributed by atoms with van der Waals surface area (Å²) in [7, 11) is 0. The van der Waals surface area contributed by atoms with Gasteiger partial charge >= 0.3 is 0 Å². The summed E-state index contributed by atoms with van der Waals surface area (Å²) in [6.45, 7) is 7.06. The largest absolute Gasteiger partial charge is 0.373 e. The number of aryl methyl sites for hydroxylation is 1. The molecule has 100 valence electrons. The molecule has 2 rings (SSSR count). The van der Waals surface area contributed by atoms with Gasteiger partial charge in [-0.25, -0.2) is 0 Å². The second kappa shape index (κ2) is 6.55. The normalized spacial score (nSPS) is 24.2. The highest BCUT2D eigenvalue weighted by Crippen LogP contribution is 2.34. The van der Waals surface area contributed by atoms with Gasteiger partial charge in [-0.05, 0) is 43.5 Å². The van der Waals surface area contributed by atoms with Crippen LogP contribution in [0, 0.1) is 12.8 Å². The summed E-state index contributed by atoms with van der Waals surface area (Å²) in [6.07, 6.45) is 2.57. The number of hydrogen-bond donors (Lipinski definition) is 1. The predicted octanol–water partition coefficient (Wildman–Crippen LogP) is 3.73. The van der Waals surface area contributed by atoms with E-state index < -0.39 is 0 Å². The highest BCUT2D eigenvalue weighted by Gasteiger charge is 2.27. The minimum Gasteiger partial charge on any atom is -0.373 e. The molecule has 0 bridgehead atoms. The summed E-state index contributed by atoms with van der Waals surface area (Å²) >= 11 is 6.21. The van der Waals surface area contributed by atoms with Crippen molar-refractivity contribution >= 4 is 11.6 Å². The zero-order chi connectivity index (χ0) is 13.0. The van der Waals surface area contributed by atoms with Crippen molar-refractivity contribution < 1.29 is 4.74 Å². The minimum atomic E-state index is 0.191. The Kier molecular flexibility index (Phi) is 5.04. The van der Waals surface area contributed by atoms with Gasteiger partial charge in [0.1, 0.15) is 0 Å². The maximum absolute atomic E-state index is 6.21. The molecular formula is C15H22ClNO. The summed E-state index contributed by atoms with van der Waals surface area (Å²) in [5.41, 5.74) is 2.34. The average Bonchev–Trinajstić information content (AvgIpc) is 2.40. The smallest absolute Gasteiger partial charge is 0.0865 e. The summed E-state index contributed by atoms with van der Waals surface area (Å²) in [5, 5.41) is 4.27. The molecule has 0 saturated carbocycles. The van der Waals surface area contributed by atoms with Crippen molar-refractivity contribution in [2.45, 2.75) is 32.8 Å². The molecule has 0 amide bonds. The van der Waals surface area contributed by atoms with E-state index >= 15 is 0 Å². The summed E-state index contributed by atoms with van der Waals surface area (Å²) in [6, 6.07) is 6.29. The van der Waals surface area contributed by atoms with Crippen LogP contribution >= 0.6 is 11.6 Å². The van der Waals surface area contributed by atoms with E-state index in [-0.39, 0.29) is 6.10 Å². The van der Waals surface area contributed by atoms with E-state index in [4.69, 9.17) is 16.3 Å². The van der Waals surface area contributed by atoms with E-state index in [0.29, 0.717) is 5.92 Å². The first-order valence-corrected chi connectivity index (χ1v) is 7.18. The molecule has 1 aromatic rings. The van der Waals surface area contributed by atoms with Crippen LogP contribution in [0.1, 0.15) is 37.0 Å². The number of benzene rings is 1. The number of rotatable bonds is 4. The van der Waals surface area contributed by atoms with Crippen LogP contribution in [0.2, 0.25) is 5.02 Å². The molecule has 0 radical (unpaired) electrons. The van der Waals surface area contributed by atoms with Crippen LogP contribution in [0.5, 0.6) is 0 Å². The van der Waals surface area contributed by atoms with Gasteiger partial charge < -0.3 is 10.1 Å². The molecule has 0 spiro atoms. The van der Waals surface area contributed by atoms with E-state index in [9.17, 15) is 0 Å². The molecule has 1 N–H and O–H groups in total. The number of ether oxygens (including phenoxy) is 1. The molecule has 1 saturated heterocycles. The van der Waals surface area contributed by atoms with Gasteiger partial charge in [0.25, 0.3) is 0 Å². The van der Waals surface area contributed by atoms with E-state index in [1.54, 1.807) is 0 Å². The highest BCUT2D eigenvalue weighted by atomic mass is 35.5. The lowest BCUT2D eigenvalue weighted by molar-refractivity contribution is -0.0276. The Labute approximate surface area is 115 Å². The average molecular weight is 268 g/mol. The number of hydrogen-bond acceptors (Lipinski definition) is 2. The van der Waals surface area contributed by atoms with Gasteiger partial charge in [0.05, 0.1) is 6.10 Å². The zero-order valence-corrected chi connectivity index (χ0v) is 12.0. The van der Waals surface area contributed by atoms with Crippen molar-refractivity contribution in [3.8, 4) is 0 Å². The topological polar surface area (TPSA) is 21.3 Å². The van der Waals surface area contributed by atoms with E-state index in [1.165, 1.54) is 12.0 Å². The fourth-order valence-electron chi connectivity index (χ4n) is 2.54. The molecule has 1 aliphatic rings. The van der Waals surface area contributed by atoms with Crippen LogP contribution in [0.4, 0.5) is 0 Å². The molecule has 1 fully saturated rings. The van der Waals surface area contributed by atoms with Gasteiger partial charge in [-0.15, -0.1) is 0 Å². The van der Waals surface area contributed by atoms with Gasteiger partial charge in [0.2, 0.25) is 0 Å². The van der Waals surface area contributed by atoms with Gasteiger partial charge in [-0.3, -0.25) is 0 Å². The van der Waals surface area contributed by atoms with E-state index in [0.717, 1.165) is 36.7 Å². The molecular weight excluding hydrogens is 246 g/mol. The molecule has 1 heterocycles. The quantitative estimate of drug-likeness (QED) is 0.898. The molecule has 2 nitrogen and oxygen atoms in total. The Balaban J connectivity index is 2.14. The summed E-state index contributed by atoms with van der Waals surface area (Å²) in [5.74, 6) is 0.553. The van der Waals surface area contributed by atoms with E-state index in [2.05, 4.69) is 30.4 Å². The SMILES string of the molecule is CCNCC1CCCOC1c1ccc(C)c(Cl)c1. The molecule has 18 heavy (non-hydrogen) atoms. The maximum atomic E-state index is 6.21. The van der Waals surface area contributed by atoms with Gasteiger partial charge in [-0.1, -0.05) is 30.7 Å². The predicted molar refractivity (Wildman–Crippen MR) is 76.1 cm³/mol. The Bertz CT molecular complexity index is 394. The van der Waals surface area contributed by atoms with Crippen LogP contribution in [0.15, 0.2) is 18.2 Å². The van der Waals surface area contributed by atoms with Crippen molar-refractivity contribution in [3.63, 3.8) is 0 Å². The van der Waals surface area contributed by atoms with Gasteiger partial charge in [0, 0.05) is 24.1 Å².